The number of phosphoric acid groups is 1. The first-order valence-corrected chi connectivity index (χ1v) is 22.9. The molecule has 0 bridgehead atoms. The number of unbranched alkanes of at least 4 members (excludes halogenated alkanes) is 22. The van der Waals surface area contributed by atoms with Crippen LogP contribution in [0.2, 0.25) is 0 Å². The molecule has 0 spiro atoms. The van der Waals surface area contributed by atoms with Crippen molar-refractivity contribution in [1.29, 1.82) is 0 Å². The summed E-state index contributed by atoms with van der Waals surface area (Å²) in [7, 11) is 1.18. The van der Waals surface area contributed by atoms with Crippen molar-refractivity contribution in [3.63, 3.8) is 0 Å². The molecule has 0 aromatic carbocycles. The highest BCUT2D eigenvalue weighted by molar-refractivity contribution is 7.45. The minimum atomic E-state index is -4.61. The molecular weight excluding hydrogens is 677 g/mol. The van der Waals surface area contributed by atoms with E-state index in [4.69, 9.17) is 18.5 Å². The van der Waals surface area contributed by atoms with Gasteiger partial charge in [-0.05, 0) is 24.7 Å². The second kappa shape index (κ2) is 32.3. The molecule has 52 heavy (non-hydrogen) atoms. The molecule has 310 valence electrons. The molecule has 0 radical (unpaired) electrons. The van der Waals surface area contributed by atoms with Crippen LogP contribution in [0, 0.1) is 5.41 Å². The number of hydrogen-bond donors (Lipinski definition) is 0. The fourth-order valence-electron chi connectivity index (χ4n) is 6.06. The topological polar surface area (TPSA) is 111 Å². The van der Waals surface area contributed by atoms with E-state index in [1.54, 1.807) is 0 Å². The standard InChI is InChI=1S/C42H84NO8P/c1-8-9-10-11-12-13-14-15-17-21-24-27-30-33-41(45)51-39(38-50-52(46,47)49-36-35-43(5,6)7)37-48-40(44)32-29-26-23-20-18-16-19-22-25-28-31-34-42(2,3)4/h39H,8-38H2,1-7H3/t39-/m1/s1. The second-order valence-corrected chi connectivity index (χ2v) is 18.7. The van der Waals surface area contributed by atoms with E-state index in [1.807, 2.05) is 21.1 Å². The van der Waals surface area contributed by atoms with Crippen LogP contribution in [0.25, 0.3) is 0 Å². The third kappa shape index (κ3) is 38.7. The summed E-state index contributed by atoms with van der Waals surface area (Å²) in [4.78, 5) is 37.5. The first kappa shape index (κ1) is 51.0. The van der Waals surface area contributed by atoms with E-state index in [2.05, 4.69) is 27.7 Å². The van der Waals surface area contributed by atoms with Crippen molar-refractivity contribution in [3.05, 3.63) is 0 Å². The number of phosphoric ester groups is 1. The zero-order valence-electron chi connectivity index (χ0n) is 35.2. The van der Waals surface area contributed by atoms with Crippen molar-refractivity contribution in [3.8, 4) is 0 Å². The summed E-state index contributed by atoms with van der Waals surface area (Å²) in [5, 5.41) is 0. The first-order valence-electron chi connectivity index (χ1n) is 21.4. The Morgan fingerprint density at radius 3 is 1.42 bits per heavy atom. The average Bonchev–Trinajstić information content (AvgIpc) is 3.05. The molecule has 0 aliphatic heterocycles. The normalized spacial score (nSPS) is 13.9. The first-order chi connectivity index (χ1) is 24.6. The quantitative estimate of drug-likeness (QED) is 0.0266. The molecule has 2 atom stereocenters. The van der Waals surface area contributed by atoms with Gasteiger partial charge < -0.3 is 27.9 Å². The van der Waals surface area contributed by atoms with Crippen molar-refractivity contribution in [2.24, 2.45) is 5.41 Å². The maximum atomic E-state index is 12.6. The lowest BCUT2D eigenvalue weighted by Gasteiger charge is -2.28. The summed E-state index contributed by atoms with van der Waals surface area (Å²) in [6.07, 6.45) is 29.7. The van der Waals surface area contributed by atoms with Crippen LogP contribution in [-0.4, -0.2) is 70.0 Å². The summed E-state index contributed by atoms with van der Waals surface area (Å²) in [6.45, 7) is 8.92. The van der Waals surface area contributed by atoms with Crippen LogP contribution in [0.15, 0.2) is 0 Å². The monoisotopic (exact) mass is 762 g/mol. The van der Waals surface area contributed by atoms with Gasteiger partial charge in [-0.2, -0.15) is 0 Å². The largest absolute Gasteiger partial charge is 0.756 e. The Hall–Kier alpha value is -0.990. The Balaban J connectivity index is 4.35. The molecule has 9 nitrogen and oxygen atoms in total. The van der Waals surface area contributed by atoms with E-state index >= 15 is 0 Å². The Bertz CT molecular complexity index is 901. The molecule has 0 rings (SSSR count). The number of ether oxygens (including phenoxy) is 2. The van der Waals surface area contributed by atoms with Crippen molar-refractivity contribution in [2.75, 3.05) is 47.5 Å². The molecule has 0 saturated heterocycles. The number of likely N-dealkylation sites (N-methyl/N-ethyl adjacent to an activating group) is 1. The fourth-order valence-corrected chi connectivity index (χ4v) is 6.79. The van der Waals surface area contributed by atoms with Crippen LogP contribution in [0.4, 0.5) is 0 Å². The molecule has 0 fully saturated rings. The van der Waals surface area contributed by atoms with Crippen LogP contribution in [0.3, 0.4) is 0 Å². The minimum absolute atomic E-state index is 0.0272. The summed E-state index contributed by atoms with van der Waals surface area (Å²) >= 11 is 0. The lowest BCUT2D eigenvalue weighted by molar-refractivity contribution is -0.870. The van der Waals surface area contributed by atoms with Gasteiger partial charge in [-0.1, -0.05) is 169 Å². The van der Waals surface area contributed by atoms with Crippen molar-refractivity contribution < 1.29 is 42.1 Å². The number of carbonyl (C=O) groups is 2. The summed E-state index contributed by atoms with van der Waals surface area (Å²) < 4.78 is 33.9. The predicted molar refractivity (Wildman–Crippen MR) is 213 cm³/mol. The van der Waals surface area contributed by atoms with Gasteiger partial charge in [0.1, 0.15) is 19.8 Å². The van der Waals surface area contributed by atoms with Crippen molar-refractivity contribution in [1.82, 2.24) is 0 Å². The van der Waals surface area contributed by atoms with Gasteiger partial charge in [0.2, 0.25) is 0 Å². The van der Waals surface area contributed by atoms with E-state index in [1.165, 1.54) is 122 Å². The molecule has 0 N–H and O–H groups in total. The molecule has 0 amide bonds. The number of rotatable bonds is 37. The van der Waals surface area contributed by atoms with Crippen LogP contribution in [0.5, 0.6) is 0 Å². The Morgan fingerprint density at radius 1 is 0.596 bits per heavy atom. The van der Waals surface area contributed by atoms with Gasteiger partial charge in [0, 0.05) is 12.8 Å². The molecule has 0 saturated carbocycles. The van der Waals surface area contributed by atoms with Gasteiger partial charge in [0.25, 0.3) is 7.82 Å². The van der Waals surface area contributed by atoms with E-state index in [9.17, 15) is 19.0 Å². The van der Waals surface area contributed by atoms with E-state index in [-0.39, 0.29) is 32.0 Å². The molecular formula is C42H84NO8P. The third-order valence-corrected chi connectivity index (χ3v) is 10.4. The van der Waals surface area contributed by atoms with Gasteiger partial charge in [-0.25, -0.2) is 0 Å². The molecule has 1 unspecified atom stereocenters. The molecule has 0 aliphatic rings. The SMILES string of the molecule is CCCCCCCCCCCCCCCC(=O)O[C@H](COC(=O)CCCCCCCCCCCCCC(C)(C)C)COP(=O)([O-])OCC[N+](C)(C)C. The van der Waals surface area contributed by atoms with Gasteiger partial charge >= 0.3 is 11.9 Å². The summed E-state index contributed by atoms with van der Waals surface area (Å²) in [5.41, 5.74) is 0.445. The van der Waals surface area contributed by atoms with Gasteiger partial charge in [0.15, 0.2) is 6.10 Å². The van der Waals surface area contributed by atoms with Crippen LogP contribution < -0.4 is 4.89 Å². The second-order valence-electron chi connectivity index (χ2n) is 17.3. The third-order valence-electron chi connectivity index (χ3n) is 9.45. The molecule has 0 aromatic heterocycles. The van der Waals surface area contributed by atoms with Gasteiger partial charge in [-0.3, -0.25) is 14.2 Å². The van der Waals surface area contributed by atoms with Crippen molar-refractivity contribution in [2.45, 2.75) is 207 Å². The Kier molecular flexibility index (Phi) is 31.7. The number of quaternary nitrogens is 1. The zero-order chi connectivity index (χ0) is 39.0. The lowest BCUT2D eigenvalue weighted by Crippen LogP contribution is -2.37. The fraction of sp³-hybridized carbons (Fsp3) is 0.952. The van der Waals surface area contributed by atoms with E-state index < -0.39 is 26.5 Å². The smallest absolute Gasteiger partial charge is 0.306 e. The van der Waals surface area contributed by atoms with Gasteiger partial charge in [-0.15, -0.1) is 0 Å². The maximum absolute atomic E-state index is 12.6. The molecule has 10 heteroatoms. The maximum Gasteiger partial charge on any atom is 0.306 e. The zero-order valence-corrected chi connectivity index (χ0v) is 36.1. The number of carbonyl (C=O) groups excluding carboxylic acids is 2. The van der Waals surface area contributed by atoms with E-state index in [0.29, 0.717) is 22.9 Å². The Labute approximate surface area is 321 Å². The van der Waals surface area contributed by atoms with E-state index in [0.717, 1.165) is 32.1 Å². The lowest BCUT2D eigenvalue weighted by atomic mass is 9.89. The van der Waals surface area contributed by atoms with Crippen LogP contribution in [-0.2, 0) is 32.7 Å². The van der Waals surface area contributed by atoms with Crippen LogP contribution in [0.1, 0.15) is 201 Å². The number of hydrogen-bond acceptors (Lipinski definition) is 8. The predicted octanol–water partition coefficient (Wildman–Crippen LogP) is 11.2. The Morgan fingerprint density at radius 2 is 1.00 bits per heavy atom. The van der Waals surface area contributed by atoms with Crippen LogP contribution >= 0.6 is 7.82 Å². The molecule has 0 heterocycles. The molecule has 0 aliphatic carbocycles. The van der Waals surface area contributed by atoms with Gasteiger partial charge in [0.05, 0.1) is 27.7 Å². The average molecular weight is 762 g/mol. The highest BCUT2D eigenvalue weighted by atomic mass is 31.2. The highest BCUT2D eigenvalue weighted by Crippen LogP contribution is 2.38. The van der Waals surface area contributed by atoms with Crippen molar-refractivity contribution >= 4 is 19.8 Å². The summed E-state index contributed by atoms with van der Waals surface area (Å²) in [5.74, 6) is -0.826. The highest BCUT2D eigenvalue weighted by Gasteiger charge is 2.21. The summed E-state index contributed by atoms with van der Waals surface area (Å²) in [6, 6.07) is 0. The number of esters is 2. The number of nitrogens with zero attached hydrogens (tertiary/aromatic N) is 1. The molecule has 0 aromatic rings. The minimum Gasteiger partial charge on any atom is -0.756 e.